The molecule has 1 aromatic rings. The Balaban J connectivity index is 1.82. The Labute approximate surface area is 132 Å². The minimum atomic E-state index is -0.736. The quantitative estimate of drug-likeness (QED) is 0.644. The molecule has 122 valence electrons. The Morgan fingerprint density at radius 2 is 2.36 bits per heavy atom. The highest BCUT2D eigenvalue weighted by atomic mass is 16.5. The Bertz CT molecular complexity index is 505. The standard InChI is InChI=1S/C17H26N2O3/c1-3-14-11-19-15-10-13(6-7-16(15)22-14)9-12(2)18-8-4-5-17(20)21/h6-7,10,12,14,18-19H,3-5,8-9,11H2,1-2H3,(H,20,21). The zero-order valence-electron chi connectivity index (χ0n) is 13.4. The lowest BCUT2D eigenvalue weighted by atomic mass is 10.0. The van der Waals surface area contributed by atoms with Gasteiger partial charge in [0.25, 0.3) is 0 Å². The van der Waals surface area contributed by atoms with Crippen molar-refractivity contribution < 1.29 is 14.6 Å². The van der Waals surface area contributed by atoms with E-state index in [0.717, 1.165) is 37.4 Å². The minimum Gasteiger partial charge on any atom is -0.486 e. The highest BCUT2D eigenvalue weighted by molar-refractivity contribution is 5.66. The van der Waals surface area contributed by atoms with Crippen LogP contribution < -0.4 is 15.4 Å². The van der Waals surface area contributed by atoms with Gasteiger partial charge in [0.15, 0.2) is 0 Å². The van der Waals surface area contributed by atoms with Gasteiger partial charge in [-0.3, -0.25) is 4.79 Å². The topological polar surface area (TPSA) is 70.6 Å². The van der Waals surface area contributed by atoms with Crippen LogP contribution in [0, 0.1) is 0 Å². The molecule has 22 heavy (non-hydrogen) atoms. The van der Waals surface area contributed by atoms with Crippen molar-refractivity contribution in [3.8, 4) is 5.75 Å². The molecule has 0 saturated heterocycles. The molecule has 0 amide bonds. The third-order valence-electron chi connectivity index (χ3n) is 3.92. The van der Waals surface area contributed by atoms with Crippen LogP contribution in [-0.2, 0) is 11.2 Å². The first-order valence-corrected chi connectivity index (χ1v) is 8.07. The Kier molecular flexibility index (Phi) is 6.07. The van der Waals surface area contributed by atoms with E-state index in [4.69, 9.17) is 9.84 Å². The first-order valence-electron chi connectivity index (χ1n) is 8.07. The molecule has 2 rings (SSSR count). The van der Waals surface area contributed by atoms with Crippen molar-refractivity contribution in [2.45, 2.75) is 51.7 Å². The van der Waals surface area contributed by atoms with E-state index in [-0.39, 0.29) is 12.5 Å². The molecule has 0 saturated carbocycles. The van der Waals surface area contributed by atoms with Gasteiger partial charge in [-0.2, -0.15) is 0 Å². The Morgan fingerprint density at radius 1 is 1.55 bits per heavy atom. The second kappa shape index (κ2) is 8.03. The number of rotatable bonds is 8. The number of fused-ring (bicyclic) bond motifs is 1. The van der Waals surface area contributed by atoms with Gasteiger partial charge < -0.3 is 20.5 Å². The van der Waals surface area contributed by atoms with E-state index < -0.39 is 5.97 Å². The smallest absolute Gasteiger partial charge is 0.303 e. The predicted octanol–water partition coefficient (Wildman–Crippen LogP) is 2.65. The summed E-state index contributed by atoms with van der Waals surface area (Å²) in [5.74, 6) is 0.199. The Hall–Kier alpha value is -1.75. The molecule has 5 heteroatoms. The number of hydrogen-bond donors (Lipinski definition) is 3. The molecule has 0 radical (unpaired) electrons. The maximum Gasteiger partial charge on any atom is 0.303 e. The number of carboxylic acid groups (broad SMARTS) is 1. The zero-order valence-corrected chi connectivity index (χ0v) is 13.4. The van der Waals surface area contributed by atoms with Crippen LogP contribution in [0.25, 0.3) is 0 Å². The van der Waals surface area contributed by atoms with Gasteiger partial charge in [-0.05, 0) is 50.4 Å². The maximum atomic E-state index is 10.5. The molecule has 2 atom stereocenters. The summed E-state index contributed by atoms with van der Waals surface area (Å²) < 4.78 is 5.91. The average molecular weight is 306 g/mol. The molecular weight excluding hydrogens is 280 g/mol. The number of hydrogen-bond acceptors (Lipinski definition) is 4. The summed E-state index contributed by atoms with van der Waals surface area (Å²) in [6, 6.07) is 6.61. The van der Waals surface area contributed by atoms with Crippen molar-refractivity contribution in [3.05, 3.63) is 23.8 Å². The van der Waals surface area contributed by atoms with Crippen LogP contribution in [0.5, 0.6) is 5.75 Å². The van der Waals surface area contributed by atoms with E-state index in [1.54, 1.807) is 0 Å². The van der Waals surface area contributed by atoms with Gasteiger partial charge in [0.1, 0.15) is 11.9 Å². The van der Waals surface area contributed by atoms with Gasteiger partial charge in [0.2, 0.25) is 0 Å². The third kappa shape index (κ3) is 4.91. The highest BCUT2D eigenvalue weighted by Gasteiger charge is 2.18. The summed E-state index contributed by atoms with van der Waals surface area (Å²) in [6.45, 7) is 5.84. The molecule has 1 aliphatic rings. The summed E-state index contributed by atoms with van der Waals surface area (Å²) >= 11 is 0. The van der Waals surface area contributed by atoms with Crippen LogP contribution in [-0.4, -0.2) is 36.3 Å². The normalized spacial score (nSPS) is 18.0. The van der Waals surface area contributed by atoms with Crippen molar-refractivity contribution in [2.24, 2.45) is 0 Å². The van der Waals surface area contributed by atoms with Crippen LogP contribution >= 0.6 is 0 Å². The lowest BCUT2D eigenvalue weighted by Crippen LogP contribution is -2.31. The molecule has 0 fully saturated rings. The number of anilines is 1. The molecule has 0 spiro atoms. The molecule has 2 unspecified atom stereocenters. The van der Waals surface area contributed by atoms with E-state index in [1.807, 2.05) is 6.07 Å². The number of nitrogens with one attached hydrogen (secondary N) is 2. The second-order valence-electron chi connectivity index (χ2n) is 5.92. The molecule has 0 aliphatic carbocycles. The first kappa shape index (κ1) is 16.6. The summed E-state index contributed by atoms with van der Waals surface area (Å²) in [5.41, 5.74) is 2.32. The fraction of sp³-hybridized carbons (Fsp3) is 0.588. The molecule has 3 N–H and O–H groups in total. The second-order valence-corrected chi connectivity index (χ2v) is 5.92. The lowest BCUT2D eigenvalue weighted by Gasteiger charge is -2.27. The van der Waals surface area contributed by atoms with Gasteiger partial charge in [-0.1, -0.05) is 13.0 Å². The van der Waals surface area contributed by atoms with Crippen LogP contribution in [0.3, 0.4) is 0 Å². The summed E-state index contributed by atoms with van der Waals surface area (Å²) in [4.78, 5) is 10.5. The highest BCUT2D eigenvalue weighted by Crippen LogP contribution is 2.30. The number of ether oxygens (including phenoxy) is 1. The van der Waals surface area contributed by atoms with E-state index in [0.29, 0.717) is 12.5 Å². The van der Waals surface area contributed by atoms with Crippen molar-refractivity contribution in [3.63, 3.8) is 0 Å². The van der Waals surface area contributed by atoms with Gasteiger partial charge in [0.05, 0.1) is 12.2 Å². The number of benzene rings is 1. The first-order chi connectivity index (χ1) is 10.6. The fourth-order valence-electron chi connectivity index (χ4n) is 2.63. The SMILES string of the molecule is CCC1CNc2cc(CC(C)NCCCC(=O)O)ccc2O1. The van der Waals surface area contributed by atoms with Crippen molar-refractivity contribution in [2.75, 3.05) is 18.4 Å². The van der Waals surface area contributed by atoms with Crippen molar-refractivity contribution in [1.29, 1.82) is 0 Å². The van der Waals surface area contributed by atoms with E-state index >= 15 is 0 Å². The van der Waals surface area contributed by atoms with Crippen molar-refractivity contribution >= 4 is 11.7 Å². The van der Waals surface area contributed by atoms with Crippen LogP contribution in [0.2, 0.25) is 0 Å². The summed E-state index contributed by atoms with van der Waals surface area (Å²) in [6.07, 6.45) is 3.06. The van der Waals surface area contributed by atoms with Crippen LogP contribution in [0.1, 0.15) is 38.7 Å². The van der Waals surface area contributed by atoms with E-state index in [2.05, 4.69) is 36.6 Å². The summed E-state index contributed by atoms with van der Waals surface area (Å²) in [7, 11) is 0. The van der Waals surface area contributed by atoms with Gasteiger partial charge in [-0.15, -0.1) is 0 Å². The van der Waals surface area contributed by atoms with Crippen LogP contribution in [0.15, 0.2) is 18.2 Å². The average Bonchev–Trinajstić information content (AvgIpc) is 2.51. The molecule has 1 aromatic carbocycles. The maximum absolute atomic E-state index is 10.5. The zero-order chi connectivity index (χ0) is 15.9. The lowest BCUT2D eigenvalue weighted by molar-refractivity contribution is -0.137. The Morgan fingerprint density at radius 3 is 3.09 bits per heavy atom. The van der Waals surface area contributed by atoms with Gasteiger partial charge in [-0.25, -0.2) is 0 Å². The number of carbonyl (C=O) groups is 1. The van der Waals surface area contributed by atoms with E-state index in [1.165, 1.54) is 5.56 Å². The summed E-state index contributed by atoms with van der Waals surface area (Å²) in [5, 5.41) is 15.4. The number of carboxylic acids is 1. The predicted molar refractivity (Wildman–Crippen MR) is 87.7 cm³/mol. The molecule has 5 nitrogen and oxygen atoms in total. The largest absolute Gasteiger partial charge is 0.486 e. The molecule has 1 aliphatic heterocycles. The van der Waals surface area contributed by atoms with E-state index in [9.17, 15) is 4.79 Å². The monoisotopic (exact) mass is 306 g/mol. The van der Waals surface area contributed by atoms with Gasteiger partial charge >= 0.3 is 5.97 Å². The molecular formula is C17H26N2O3. The fourth-order valence-corrected chi connectivity index (χ4v) is 2.63. The number of aliphatic carboxylic acids is 1. The molecule has 1 heterocycles. The van der Waals surface area contributed by atoms with Gasteiger partial charge in [0, 0.05) is 12.5 Å². The minimum absolute atomic E-state index is 0.221. The molecule has 0 aromatic heterocycles. The third-order valence-corrected chi connectivity index (χ3v) is 3.92. The molecule has 0 bridgehead atoms. The van der Waals surface area contributed by atoms with Crippen molar-refractivity contribution in [1.82, 2.24) is 5.32 Å². The van der Waals surface area contributed by atoms with Crippen LogP contribution in [0.4, 0.5) is 5.69 Å².